The van der Waals surface area contributed by atoms with Gasteiger partial charge in [0.2, 0.25) is 0 Å². The molecule has 2 nitrogen and oxygen atoms in total. The summed E-state index contributed by atoms with van der Waals surface area (Å²) >= 11 is 1.96. The lowest BCUT2D eigenvalue weighted by atomic mass is 9.83. The van der Waals surface area contributed by atoms with E-state index in [0.717, 1.165) is 12.5 Å². The smallest absolute Gasteiger partial charge is 0.0247 e. The van der Waals surface area contributed by atoms with E-state index in [9.17, 15) is 0 Å². The van der Waals surface area contributed by atoms with Crippen LogP contribution in [0.15, 0.2) is 0 Å². The zero-order valence-corrected chi connectivity index (χ0v) is 14.1. The lowest BCUT2D eigenvalue weighted by Gasteiger charge is -2.48. The van der Waals surface area contributed by atoms with Crippen molar-refractivity contribution in [3.05, 3.63) is 0 Å². The van der Waals surface area contributed by atoms with Crippen LogP contribution in [0.25, 0.3) is 0 Å². The minimum atomic E-state index is 0.347. The number of thioether (sulfide) groups is 1. The third-order valence-corrected chi connectivity index (χ3v) is 5.00. The first kappa shape index (κ1) is 16.3. The Morgan fingerprint density at radius 2 is 1.89 bits per heavy atom. The van der Waals surface area contributed by atoms with Crippen molar-refractivity contribution in [2.45, 2.75) is 59.7 Å². The molecule has 1 aliphatic heterocycles. The van der Waals surface area contributed by atoms with Crippen LogP contribution in [0.5, 0.6) is 0 Å². The van der Waals surface area contributed by atoms with Gasteiger partial charge in [-0.1, -0.05) is 34.6 Å². The Morgan fingerprint density at radius 3 is 2.33 bits per heavy atom. The Kier molecular flexibility index (Phi) is 6.01. The fourth-order valence-electron chi connectivity index (χ4n) is 2.83. The fourth-order valence-corrected chi connectivity index (χ4v) is 3.51. The number of hydrogen-bond acceptors (Lipinski definition) is 3. The molecule has 0 amide bonds. The van der Waals surface area contributed by atoms with E-state index in [1.807, 2.05) is 11.8 Å². The molecule has 0 aliphatic carbocycles. The van der Waals surface area contributed by atoms with E-state index in [2.05, 4.69) is 58.0 Å². The fraction of sp³-hybridized carbons (Fsp3) is 1.00. The average Bonchev–Trinajstić information content (AvgIpc) is 2.27. The van der Waals surface area contributed by atoms with Crippen molar-refractivity contribution < 1.29 is 0 Å². The molecule has 1 N–H and O–H groups in total. The lowest BCUT2D eigenvalue weighted by molar-refractivity contribution is 0.0415. The van der Waals surface area contributed by atoms with Gasteiger partial charge in [0, 0.05) is 37.0 Å². The molecule has 0 saturated carbocycles. The molecular formula is C15H32N2S. The van der Waals surface area contributed by atoms with Crippen LogP contribution < -0.4 is 5.32 Å². The van der Waals surface area contributed by atoms with E-state index in [4.69, 9.17) is 0 Å². The first-order valence-electron chi connectivity index (χ1n) is 7.25. The monoisotopic (exact) mass is 272 g/mol. The van der Waals surface area contributed by atoms with Crippen LogP contribution in [0.2, 0.25) is 0 Å². The molecule has 108 valence electrons. The van der Waals surface area contributed by atoms with Gasteiger partial charge in [-0.2, -0.15) is 11.8 Å². The summed E-state index contributed by atoms with van der Waals surface area (Å²) in [7, 11) is 0. The predicted octanol–water partition coefficient (Wildman–Crippen LogP) is 3.08. The average molecular weight is 273 g/mol. The molecule has 0 aromatic rings. The van der Waals surface area contributed by atoms with Crippen molar-refractivity contribution in [2.75, 3.05) is 25.1 Å². The predicted molar refractivity (Wildman–Crippen MR) is 84.4 cm³/mol. The van der Waals surface area contributed by atoms with E-state index in [-0.39, 0.29) is 0 Å². The Hall–Kier alpha value is 0.270. The van der Waals surface area contributed by atoms with E-state index < -0.39 is 0 Å². The third kappa shape index (κ3) is 4.14. The summed E-state index contributed by atoms with van der Waals surface area (Å²) < 4.78 is 0. The zero-order chi connectivity index (χ0) is 13.9. The standard InChI is InChI=1S/C15H32N2S/c1-11(2)13-8-16-14(15(4,5)6)9-17(13)12(3)10-18-7/h11-14,16H,8-10H2,1-7H3. The van der Waals surface area contributed by atoms with E-state index in [1.54, 1.807) is 0 Å². The molecule has 1 rings (SSSR count). The normalized spacial score (nSPS) is 28.7. The number of rotatable bonds is 4. The van der Waals surface area contributed by atoms with Gasteiger partial charge >= 0.3 is 0 Å². The second-order valence-corrected chi connectivity index (χ2v) is 8.05. The summed E-state index contributed by atoms with van der Waals surface area (Å²) in [5, 5.41) is 3.77. The number of nitrogens with one attached hydrogen (secondary N) is 1. The summed E-state index contributed by atoms with van der Waals surface area (Å²) in [5.41, 5.74) is 0.347. The van der Waals surface area contributed by atoms with Gasteiger partial charge in [-0.15, -0.1) is 0 Å². The van der Waals surface area contributed by atoms with Gasteiger partial charge in [0.25, 0.3) is 0 Å². The van der Waals surface area contributed by atoms with Crippen LogP contribution in [-0.2, 0) is 0 Å². The molecule has 18 heavy (non-hydrogen) atoms. The first-order chi connectivity index (χ1) is 8.27. The Labute approximate surface area is 118 Å². The highest BCUT2D eigenvalue weighted by Gasteiger charge is 2.36. The number of hydrogen-bond donors (Lipinski definition) is 1. The van der Waals surface area contributed by atoms with Gasteiger partial charge in [-0.05, 0) is 24.5 Å². The van der Waals surface area contributed by atoms with Crippen molar-refractivity contribution in [1.82, 2.24) is 10.2 Å². The second-order valence-electron chi connectivity index (χ2n) is 7.14. The maximum absolute atomic E-state index is 3.77. The first-order valence-corrected chi connectivity index (χ1v) is 8.64. The summed E-state index contributed by atoms with van der Waals surface area (Å²) in [4.78, 5) is 2.74. The van der Waals surface area contributed by atoms with Crippen LogP contribution in [0.1, 0.15) is 41.5 Å². The highest BCUT2D eigenvalue weighted by molar-refractivity contribution is 7.98. The maximum Gasteiger partial charge on any atom is 0.0247 e. The van der Waals surface area contributed by atoms with Crippen LogP contribution in [0.4, 0.5) is 0 Å². The molecule has 0 aromatic carbocycles. The summed E-state index contributed by atoms with van der Waals surface area (Å²) in [6, 6.07) is 1.97. The second kappa shape index (κ2) is 6.62. The molecule has 1 aliphatic rings. The van der Waals surface area contributed by atoms with E-state index in [1.165, 1.54) is 12.3 Å². The van der Waals surface area contributed by atoms with Crippen molar-refractivity contribution in [3.8, 4) is 0 Å². The molecule has 0 bridgehead atoms. The molecular weight excluding hydrogens is 240 g/mol. The molecule has 3 atom stereocenters. The van der Waals surface area contributed by atoms with Gasteiger partial charge in [-0.25, -0.2) is 0 Å². The quantitative estimate of drug-likeness (QED) is 0.847. The Balaban J connectivity index is 2.76. The molecule has 1 heterocycles. The number of piperazine rings is 1. The Morgan fingerprint density at radius 1 is 1.28 bits per heavy atom. The maximum atomic E-state index is 3.77. The van der Waals surface area contributed by atoms with Gasteiger partial charge in [0.05, 0.1) is 0 Å². The van der Waals surface area contributed by atoms with Gasteiger partial charge in [0.15, 0.2) is 0 Å². The molecule has 0 aromatic heterocycles. The van der Waals surface area contributed by atoms with E-state index in [0.29, 0.717) is 23.5 Å². The largest absolute Gasteiger partial charge is 0.311 e. The summed E-state index contributed by atoms with van der Waals surface area (Å²) in [6.07, 6.45) is 2.21. The molecule has 3 heteroatoms. The van der Waals surface area contributed by atoms with Crippen molar-refractivity contribution >= 4 is 11.8 Å². The van der Waals surface area contributed by atoms with Crippen LogP contribution in [0, 0.1) is 11.3 Å². The highest BCUT2D eigenvalue weighted by atomic mass is 32.2. The molecule has 0 spiro atoms. The van der Waals surface area contributed by atoms with Crippen molar-refractivity contribution in [2.24, 2.45) is 11.3 Å². The highest BCUT2D eigenvalue weighted by Crippen LogP contribution is 2.27. The van der Waals surface area contributed by atoms with Crippen LogP contribution in [0.3, 0.4) is 0 Å². The minimum Gasteiger partial charge on any atom is -0.311 e. The van der Waals surface area contributed by atoms with Gasteiger partial charge < -0.3 is 5.32 Å². The summed E-state index contributed by atoms with van der Waals surface area (Å²) in [6.45, 7) is 16.4. The Bertz CT molecular complexity index is 247. The molecule has 1 saturated heterocycles. The molecule has 0 radical (unpaired) electrons. The van der Waals surface area contributed by atoms with Crippen LogP contribution >= 0.6 is 11.8 Å². The van der Waals surface area contributed by atoms with Crippen molar-refractivity contribution in [3.63, 3.8) is 0 Å². The van der Waals surface area contributed by atoms with Gasteiger partial charge in [-0.3, -0.25) is 4.90 Å². The van der Waals surface area contributed by atoms with Crippen molar-refractivity contribution in [1.29, 1.82) is 0 Å². The lowest BCUT2D eigenvalue weighted by Crippen LogP contribution is -2.63. The molecule has 3 unspecified atom stereocenters. The zero-order valence-electron chi connectivity index (χ0n) is 13.3. The van der Waals surface area contributed by atoms with Gasteiger partial charge in [0.1, 0.15) is 0 Å². The topological polar surface area (TPSA) is 15.3 Å². The number of nitrogens with zero attached hydrogens (tertiary/aromatic N) is 1. The van der Waals surface area contributed by atoms with E-state index >= 15 is 0 Å². The summed E-state index contributed by atoms with van der Waals surface area (Å²) in [5.74, 6) is 1.96. The van der Waals surface area contributed by atoms with Crippen LogP contribution in [-0.4, -0.2) is 48.1 Å². The third-order valence-electron chi connectivity index (χ3n) is 4.18. The SMILES string of the molecule is CSCC(C)N1CC(C(C)(C)C)NCC1C(C)C. The molecule has 1 fully saturated rings. The minimum absolute atomic E-state index is 0.347.